The van der Waals surface area contributed by atoms with Gasteiger partial charge in [0.1, 0.15) is 0 Å². The van der Waals surface area contributed by atoms with Crippen molar-refractivity contribution in [3.8, 4) is 0 Å². The predicted molar refractivity (Wildman–Crippen MR) is 95.8 cm³/mol. The van der Waals surface area contributed by atoms with Crippen molar-refractivity contribution >= 4 is 23.7 Å². The molecule has 1 unspecified atom stereocenters. The fraction of sp³-hybridized carbons (Fsp3) is 0.500. The summed E-state index contributed by atoms with van der Waals surface area (Å²) >= 11 is 0. The second-order valence-corrected chi connectivity index (χ2v) is 6.46. The summed E-state index contributed by atoms with van der Waals surface area (Å²) in [6, 6.07) is 6.87. The topological polar surface area (TPSA) is 82.2 Å². The van der Waals surface area contributed by atoms with Crippen molar-refractivity contribution in [1.82, 2.24) is 15.1 Å². The van der Waals surface area contributed by atoms with Crippen molar-refractivity contribution in [2.75, 3.05) is 37.7 Å². The first-order valence-corrected chi connectivity index (χ1v) is 8.85. The van der Waals surface area contributed by atoms with Crippen LogP contribution in [0.25, 0.3) is 0 Å². The molecule has 8 nitrogen and oxygen atoms in total. The maximum absolute atomic E-state index is 12.6. The molecular formula is C18H24N4O4. The molecule has 3 rings (SSSR count). The Morgan fingerprint density at radius 3 is 2.38 bits per heavy atom. The van der Waals surface area contributed by atoms with Crippen molar-refractivity contribution in [3.63, 3.8) is 0 Å². The number of amides is 4. The number of ether oxygens (including phenoxy) is 1. The van der Waals surface area contributed by atoms with Crippen LogP contribution in [0.5, 0.6) is 0 Å². The van der Waals surface area contributed by atoms with E-state index in [1.807, 2.05) is 24.0 Å². The number of imide groups is 1. The molecule has 2 fully saturated rings. The van der Waals surface area contributed by atoms with Crippen LogP contribution in [0.4, 0.5) is 15.3 Å². The average molecular weight is 360 g/mol. The number of urea groups is 1. The largest absolute Gasteiger partial charge is 0.450 e. The van der Waals surface area contributed by atoms with E-state index >= 15 is 0 Å². The van der Waals surface area contributed by atoms with E-state index < -0.39 is 6.03 Å². The second kappa shape index (κ2) is 7.74. The molecule has 0 aliphatic carbocycles. The number of rotatable bonds is 3. The third-order valence-electron chi connectivity index (χ3n) is 4.68. The molecule has 0 bridgehead atoms. The molecule has 0 saturated carbocycles. The number of aryl methyl sites for hydroxylation is 1. The van der Waals surface area contributed by atoms with Gasteiger partial charge in [-0.2, -0.15) is 0 Å². The zero-order valence-electron chi connectivity index (χ0n) is 15.1. The molecule has 1 aromatic carbocycles. The standard InChI is InChI=1S/C18H24N4O4/c1-3-26-18(25)21-10-8-20(9-11-21)15-12-16(23)22(17(24)19-15)14-6-4-13(2)5-7-14/h4-7,15H,3,8-12H2,1-2H3,(H,19,24). The van der Waals surface area contributed by atoms with E-state index in [1.165, 1.54) is 4.90 Å². The lowest BCUT2D eigenvalue weighted by Crippen LogP contribution is -2.63. The Hall–Kier alpha value is -2.61. The Kier molecular flexibility index (Phi) is 5.41. The number of hydrogen-bond acceptors (Lipinski definition) is 5. The summed E-state index contributed by atoms with van der Waals surface area (Å²) in [5.41, 5.74) is 1.64. The van der Waals surface area contributed by atoms with E-state index in [9.17, 15) is 14.4 Å². The summed E-state index contributed by atoms with van der Waals surface area (Å²) in [6.45, 7) is 6.28. The third-order valence-corrected chi connectivity index (χ3v) is 4.68. The molecule has 1 aromatic rings. The lowest BCUT2D eigenvalue weighted by Gasteiger charge is -2.41. The van der Waals surface area contributed by atoms with Crippen molar-refractivity contribution in [1.29, 1.82) is 0 Å². The van der Waals surface area contributed by atoms with E-state index in [1.54, 1.807) is 24.0 Å². The second-order valence-electron chi connectivity index (χ2n) is 6.46. The lowest BCUT2D eigenvalue weighted by molar-refractivity contribution is -0.120. The Morgan fingerprint density at radius 1 is 1.15 bits per heavy atom. The summed E-state index contributed by atoms with van der Waals surface area (Å²) in [5.74, 6) is -0.226. The zero-order valence-corrected chi connectivity index (χ0v) is 15.1. The molecule has 26 heavy (non-hydrogen) atoms. The van der Waals surface area contributed by atoms with Crippen LogP contribution in [0.3, 0.4) is 0 Å². The van der Waals surface area contributed by atoms with Crippen LogP contribution in [0, 0.1) is 6.92 Å². The number of carbonyl (C=O) groups is 3. The van der Waals surface area contributed by atoms with Gasteiger partial charge in [-0.05, 0) is 26.0 Å². The highest BCUT2D eigenvalue weighted by atomic mass is 16.6. The Balaban J connectivity index is 1.60. The van der Waals surface area contributed by atoms with Crippen molar-refractivity contribution < 1.29 is 19.1 Å². The molecule has 2 saturated heterocycles. The highest BCUT2D eigenvalue weighted by Crippen LogP contribution is 2.21. The first kappa shape index (κ1) is 18.2. The summed E-state index contributed by atoms with van der Waals surface area (Å²) in [5, 5.41) is 2.91. The van der Waals surface area contributed by atoms with Gasteiger partial charge in [-0.3, -0.25) is 9.69 Å². The van der Waals surface area contributed by atoms with E-state index in [2.05, 4.69) is 5.32 Å². The number of nitrogens with zero attached hydrogens (tertiary/aromatic N) is 3. The van der Waals surface area contributed by atoms with Crippen LogP contribution in [0.1, 0.15) is 18.9 Å². The van der Waals surface area contributed by atoms with Gasteiger partial charge in [-0.15, -0.1) is 0 Å². The third kappa shape index (κ3) is 3.80. The van der Waals surface area contributed by atoms with Gasteiger partial charge < -0.3 is 15.0 Å². The van der Waals surface area contributed by atoms with Gasteiger partial charge in [-0.25, -0.2) is 14.5 Å². The Labute approximate surface area is 152 Å². The molecule has 0 aromatic heterocycles. The normalized spacial score (nSPS) is 21.5. The number of benzene rings is 1. The van der Waals surface area contributed by atoms with E-state index in [0.717, 1.165) is 5.56 Å². The molecule has 2 aliphatic rings. The lowest BCUT2D eigenvalue weighted by atomic mass is 10.1. The minimum absolute atomic E-state index is 0.207. The number of anilines is 1. The predicted octanol–water partition coefficient (Wildman–Crippen LogP) is 1.54. The van der Waals surface area contributed by atoms with Crippen LogP contribution >= 0.6 is 0 Å². The van der Waals surface area contributed by atoms with E-state index in [-0.39, 0.29) is 24.6 Å². The van der Waals surface area contributed by atoms with Crippen molar-refractivity contribution in [2.24, 2.45) is 0 Å². The maximum Gasteiger partial charge on any atom is 0.409 e. The quantitative estimate of drug-likeness (QED) is 0.884. The fourth-order valence-electron chi connectivity index (χ4n) is 3.23. The zero-order chi connectivity index (χ0) is 18.7. The minimum Gasteiger partial charge on any atom is -0.450 e. The smallest absolute Gasteiger partial charge is 0.409 e. The molecule has 8 heteroatoms. The van der Waals surface area contributed by atoms with Gasteiger partial charge in [0.2, 0.25) is 5.91 Å². The molecule has 0 spiro atoms. The van der Waals surface area contributed by atoms with Crippen LogP contribution in [0.15, 0.2) is 24.3 Å². The summed E-state index contributed by atoms with van der Waals surface area (Å²) in [4.78, 5) is 41.7. The number of carbonyl (C=O) groups excluding carboxylic acids is 3. The summed E-state index contributed by atoms with van der Waals surface area (Å²) in [7, 11) is 0. The van der Waals surface area contributed by atoms with Crippen LogP contribution in [-0.2, 0) is 9.53 Å². The van der Waals surface area contributed by atoms with Gasteiger partial charge in [0, 0.05) is 26.2 Å². The molecular weight excluding hydrogens is 336 g/mol. The van der Waals surface area contributed by atoms with E-state index in [0.29, 0.717) is 38.5 Å². The molecule has 1 atom stereocenters. The number of piperazine rings is 1. The first-order chi connectivity index (χ1) is 12.5. The number of hydrogen-bond donors (Lipinski definition) is 1. The fourth-order valence-corrected chi connectivity index (χ4v) is 3.23. The Morgan fingerprint density at radius 2 is 1.81 bits per heavy atom. The van der Waals surface area contributed by atoms with Gasteiger partial charge in [0.15, 0.2) is 0 Å². The average Bonchev–Trinajstić information content (AvgIpc) is 2.63. The van der Waals surface area contributed by atoms with Gasteiger partial charge in [0.25, 0.3) is 0 Å². The first-order valence-electron chi connectivity index (χ1n) is 8.85. The molecule has 1 N–H and O–H groups in total. The highest BCUT2D eigenvalue weighted by molar-refractivity contribution is 6.16. The van der Waals surface area contributed by atoms with Gasteiger partial charge in [0.05, 0.1) is 24.9 Å². The summed E-state index contributed by atoms with van der Waals surface area (Å²) < 4.78 is 5.01. The van der Waals surface area contributed by atoms with Gasteiger partial charge in [-0.1, -0.05) is 17.7 Å². The van der Waals surface area contributed by atoms with E-state index in [4.69, 9.17) is 4.74 Å². The SMILES string of the molecule is CCOC(=O)N1CCN(C2CC(=O)N(c3ccc(C)cc3)C(=O)N2)CC1. The molecule has 4 amide bonds. The monoisotopic (exact) mass is 360 g/mol. The van der Waals surface area contributed by atoms with Gasteiger partial charge >= 0.3 is 12.1 Å². The van der Waals surface area contributed by atoms with Crippen LogP contribution < -0.4 is 10.2 Å². The molecule has 0 radical (unpaired) electrons. The Bertz CT molecular complexity index is 665. The molecule has 140 valence electrons. The van der Waals surface area contributed by atoms with Crippen LogP contribution in [-0.4, -0.2) is 66.8 Å². The maximum atomic E-state index is 12.6. The minimum atomic E-state index is -0.414. The summed E-state index contributed by atoms with van der Waals surface area (Å²) in [6.07, 6.45) is -0.457. The molecule has 2 aliphatic heterocycles. The number of nitrogens with one attached hydrogen (secondary N) is 1. The van der Waals surface area contributed by atoms with Crippen LogP contribution in [0.2, 0.25) is 0 Å². The molecule has 2 heterocycles. The highest BCUT2D eigenvalue weighted by Gasteiger charge is 2.37. The van der Waals surface area contributed by atoms with Crippen molar-refractivity contribution in [2.45, 2.75) is 26.4 Å². The van der Waals surface area contributed by atoms with Crippen molar-refractivity contribution in [3.05, 3.63) is 29.8 Å².